The van der Waals surface area contributed by atoms with Crippen LogP contribution in [-0.4, -0.2) is 54.6 Å². The largest absolute Gasteiger partial charge is 0.496 e. The molecule has 0 unspecified atom stereocenters. The molecule has 3 rings (SSSR count). The van der Waals surface area contributed by atoms with Gasteiger partial charge in [0.1, 0.15) is 17.2 Å². The molecule has 1 aliphatic rings. The SMILES string of the molecule is COc1cc(OC)c(C2CCN(c3nnnn3C)CC2)c(OC)c1. The fourth-order valence-electron chi connectivity index (χ4n) is 3.30. The van der Waals surface area contributed by atoms with Gasteiger partial charge in [-0.05, 0) is 29.2 Å². The van der Waals surface area contributed by atoms with Crippen LogP contribution in [0.3, 0.4) is 0 Å². The van der Waals surface area contributed by atoms with Gasteiger partial charge in [-0.25, -0.2) is 4.68 Å². The van der Waals surface area contributed by atoms with Crippen molar-refractivity contribution >= 4 is 5.95 Å². The van der Waals surface area contributed by atoms with Gasteiger partial charge in [0, 0.05) is 37.8 Å². The number of anilines is 1. The van der Waals surface area contributed by atoms with Gasteiger partial charge in [0.2, 0.25) is 5.95 Å². The first-order valence-corrected chi connectivity index (χ1v) is 7.95. The first kappa shape index (κ1) is 16.4. The van der Waals surface area contributed by atoms with Crippen LogP contribution in [0, 0.1) is 0 Å². The Hall–Kier alpha value is -2.51. The first-order valence-electron chi connectivity index (χ1n) is 7.95. The van der Waals surface area contributed by atoms with E-state index in [0.29, 0.717) is 5.92 Å². The number of methoxy groups -OCH3 is 3. The van der Waals surface area contributed by atoms with Crippen LogP contribution < -0.4 is 19.1 Å². The molecule has 130 valence electrons. The van der Waals surface area contributed by atoms with Crippen molar-refractivity contribution in [3.8, 4) is 17.2 Å². The third-order valence-corrected chi connectivity index (χ3v) is 4.54. The van der Waals surface area contributed by atoms with Crippen molar-refractivity contribution in [2.45, 2.75) is 18.8 Å². The average Bonchev–Trinajstić information content (AvgIpc) is 3.06. The third kappa shape index (κ3) is 2.95. The molecule has 0 radical (unpaired) electrons. The minimum atomic E-state index is 0.359. The zero-order chi connectivity index (χ0) is 17.1. The lowest BCUT2D eigenvalue weighted by Gasteiger charge is -2.33. The molecule has 24 heavy (non-hydrogen) atoms. The standard InChI is InChI=1S/C16H23N5O3/c1-20-16(17-18-19-20)21-7-5-11(6-8-21)15-13(23-3)9-12(22-2)10-14(15)24-4/h9-11H,5-8H2,1-4H3. The molecule has 0 aliphatic carbocycles. The summed E-state index contributed by atoms with van der Waals surface area (Å²) < 4.78 is 18.2. The number of piperidine rings is 1. The number of hydrogen-bond acceptors (Lipinski definition) is 7. The van der Waals surface area contributed by atoms with Crippen LogP contribution in [0.15, 0.2) is 12.1 Å². The predicted molar refractivity (Wildman–Crippen MR) is 89.1 cm³/mol. The van der Waals surface area contributed by atoms with Crippen LogP contribution in [0.25, 0.3) is 0 Å². The van der Waals surface area contributed by atoms with Crippen LogP contribution >= 0.6 is 0 Å². The molecule has 1 aromatic carbocycles. The molecule has 1 saturated heterocycles. The molecule has 1 aliphatic heterocycles. The highest BCUT2D eigenvalue weighted by atomic mass is 16.5. The van der Waals surface area contributed by atoms with Crippen LogP contribution in [-0.2, 0) is 7.05 Å². The second kappa shape index (κ2) is 6.94. The summed E-state index contributed by atoms with van der Waals surface area (Å²) in [5.74, 6) is 3.52. The van der Waals surface area contributed by atoms with E-state index in [9.17, 15) is 0 Å². The molecule has 2 aromatic rings. The smallest absolute Gasteiger partial charge is 0.245 e. The number of tetrazole rings is 1. The van der Waals surface area contributed by atoms with Crippen LogP contribution in [0.1, 0.15) is 24.3 Å². The summed E-state index contributed by atoms with van der Waals surface area (Å²) in [6, 6.07) is 3.83. The summed E-state index contributed by atoms with van der Waals surface area (Å²) >= 11 is 0. The van der Waals surface area contributed by atoms with E-state index in [1.807, 2.05) is 19.2 Å². The Morgan fingerprint density at radius 2 is 1.62 bits per heavy atom. The predicted octanol–water partition coefficient (Wildman–Crippen LogP) is 1.62. The van der Waals surface area contributed by atoms with Gasteiger partial charge in [-0.2, -0.15) is 0 Å². The van der Waals surface area contributed by atoms with Gasteiger partial charge in [-0.3, -0.25) is 0 Å². The van der Waals surface area contributed by atoms with Crippen molar-refractivity contribution in [3.05, 3.63) is 17.7 Å². The van der Waals surface area contributed by atoms with Crippen molar-refractivity contribution in [2.24, 2.45) is 7.05 Å². The number of benzene rings is 1. The van der Waals surface area contributed by atoms with Crippen molar-refractivity contribution in [3.63, 3.8) is 0 Å². The Morgan fingerprint density at radius 1 is 1.00 bits per heavy atom. The summed E-state index contributed by atoms with van der Waals surface area (Å²) in [6.07, 6.45) is 1.96. The van der Waals surface area contributed by atoms with Crippen molar-refractivity contribution in [1.82, 2.24) is 20.2 Å². The molecule has 0 N–H and O–H groups in total. The van der Waals surface area contributed by atoms with Crippen molar-refractivity contribution in [1.29, 1.82) is 0 Å². The molecule has 2 heterocycles. The molecular weight excluding hydrogens is 310 g/mol. The van der Waals surface area contributed by atoms with E-state index >= 15 is 0 Å². The zero-order valence-corrected chi connectivity index (χ0v) is 14.5. The maximum Gasteiger partial charge on any atom is 0.245 e. The van der Waals surface area contributed by atoms with Crippen molar-refractivity contribution in [2.75, 3.05) is 39.3 Å². The number of aromatic nitrogens is 4. The van der Waals surface area contributed by atoms with Gasteiger partial charge in [-0.1, -0.05) is 5.10 Å². The molecular formula is C16H23N5O3. The maximum absolute atomic E-state index is 5.59. The van der Waals surface area contributed by atoms with Crippen LogP contribution in [0.5, 0.6) is 17.2 Å². The fraction of sp³-hybridized carbons (Fsp3) is 0.562. The van der Waals surface area contributed by atoms with Crippen molar-refractivity contribution < 1.29 is 14.2 Å². The number of hydrogen-bond donors (Lipinski definition) is 0. The Bertz CT molecular complexity index is 670. The quantitative estimate of drug-likeness (QED) is 0.823. The van der Waals surface area contributed by atoms with Crippen LogP contribution in [0.4, 0.5) is 5.95 Å². The molecule has 1 fully saturated rings. The summed E-state index contributed by atoms with van der Waals surface area (Å²) in [4.78, 5) is 2.21. The normalized spacial score (nSPS) is 15.4. The lowest BCUT2D eigenvalue weighted by atomic mass is 9.88. The van der Waals surface area contributed by atoms with Crippen LogP contribution in [0.2, 0.25) is 0 Å². The van der Waals surface area contributed by atoms with Gasteiger partial charge >= 0.3 is 0 Å². The fourth-order valence-corrected chi connectivity index (χ4v) is 3.30. The highest BCUT2D eigenvalue weighted by Crippen LogP contribution is 2.43. The van der Waals surface area contributed by atoms with E-state index in [1.54, 1.807) is 26.0 Å². The molecule has 0 bridgehead atoms. The number of nitrogens with zero attached hydrogens (tertiary/aromatic N) is 5. The highest BCUT2D eigenvalue weighted by molar-refractivity contribution is 5.53. The summed E-state index contributed by atoms with van der Waals surface area (Å²) in [5.41, 5.74) is 1.11. The van der Waals surface area contributed by atoms with Gasteiger partial charge < -0.3 is 19.1 Å². The first-order chi connectivity index (χ1) is 11.7. The lowest BCUT2D eigenvalue weighted by Crippen LogP contribution is -2.34. The lowest BCUT2D eigenvalue weighted by molar-refractivity contribution is 0.356. The monoisotopic (exact) mass is 333 g/mol. The summed E-state index contributed by atoms with van der Waals surface area (Å²) in [5, 5.41) is 11.7. The Morgan fingerprint density at radius 3 is 2.08 bits per heavy atom. The summed E-state index contributed by atoms with van der Waals surface area (Å²) in [6.45, 7) is 1.77. The van der Waals surface area contributed by atoms with E-state index in [2.05, 4.69) is 20.4 Å². The Balaban J connectivity index is 1.82. The zero-order valence-electron chi connectivity index (χ0n) is 14.5. The topological polar surface area (TPSA) is 74.5 Å². The van der Waals surface area contributed by atoms with Gasteiger partial charge in [-0.15, -0.1) is 0 Å². The summed E-state index contributed by atoms with van der Waals surface area (Å²) in [7, 11) is 6.86. The maximum atomic E-state index is 5.59. The minimum absolute atomic E-state index is 0.359. The van der Waals surface area contributed by atoms with E-state index < -0.39 is 0 Å². The highest BCUT2D eigenvalue weighted by Gasteiger charge is 2.28. The minimum Gasteiger partial charge on any atom is -0.496 e. The van der Waals surface area contributed by atoms with E-state index in [4.69, 9.17) is 14.2 Å². The Kier molecular flexibility index (Phi) is 4.73. The van der Waals surface area contributed by atoms with Gasteiger partial charge in [0.25, 0.3) is 0 Å². The average molecular weight is 333 g/mol. The molecule has 0 atom stereocenters. The van der Waals surface area contributed by atoms with E-state index in [0.717, 1.165) is 54.7 Å². The second-order valence-corrected chi connectivity index (χ2v) is 5.81. The molecule has 0 saturated carbocycles. The van der Waals surface area contributed by atoms with E-state index in [1.165, 1.54) is 0 Å². The number of aryl methyl sites for hydroxylation is 1. The van der Waals surface area contributed by atoms with Gasteiger partial charge in [0.15, 0.2) is 0 Å². The molecule has 0 amide bonds. The third-order valence-electron chi connectivity index (χ3n) is 4.54. The molecule has 8 nitrogen and oxygen atoms in total. The number of ether oxygens (including phenoxy) is 3. The molecule has 1 aromatic heterocycles. The molecule has 8 heteroatoms. The molecule has 0 spiro atoms. The number of rotatable bonds is 5. The Labute approximate surface area is 141 Å². The second-order valence-electron chi connectivity index (χ2n) is 5.81. The van der Waals surface area contributed by atoms with Gasteiger partial charge in [0.05, 0.1) is 21.3 Å². The van der Waals surface area contributed by atoms with E-state index in [-0.39, 0.29) is 0 Å².